The van der Waals surface area contributed by atoms with Crippen molar-refractivity contribution in [2.45, 2.75) is 0 Å². The summed E-state index contributed by atoms with van der Waals surface area (Å²) < 4.78 is 5.36. The minimum Gasteiger partial charge on any atom is -0.378 e. The maximum absolute atomic E-state index is 12.4. The number of rotatable bonds is 3. The van der Waals surface area contributed by atoms with Gasteiger partial charge >= 0.3 is 0 Å². The van der Waals surface area contributed by atoms with Crippen molar-refractivity contribution in [2.24, 2.45) is 0 Å². The van der Waals surface area contributed by atoms with Gasteiger partial charge in [0.15, 0.2) is 0 Å². The fourth-order valence-corrected chi connectivity index (χ4v) is 3.40. The number of morpholine rings is 1. The van der Waals surface area contributed by atoms with Crippen LogP contribution in [0.1, 0.15) is 10.4 Å². The van der Waals surface area contributed by atoms with Crippen molar-refractivity contribution in [3.63, 3.8) is 0 Å². The van der Waals surface area contributed by atoms with Crippen molar-refractivity contribution in [1.82, 2.24) is 10.2 Å². The molecule has 4 rings (SSSR count). The summed E-state index contributed by atoms with van der Waals surface area (Å²) in [5, 5.41) is 12.8. The number of carbonyl (C=O) groups excluding carboxylic acids is 1. The molecule has 2 N–H and O–H groups in total. The quantitative estimate of drug-likeness (QED) is 0.775. The summed E-state index contributed by atoms with van der Waals surface area (Å²) in [4.78, 5) is 15.5. The van der Waals surface area contributed by atoms with Crippen LogP contribution < -0.4 is 10.2 Å². The molecule has 7 heteroatoms. The van der Waals surface area contributed by atoms with Gasteiger partial charge in [-0.3, -0.25) is 9.89 Å². The molecule has 2 aromatic heterocycles. The number of carbonyl (C=O) groups is 1. The van der Waals surface area contributed by atoms with Crippen LogP contribution in [-0.2, 0) is 4.74 Å². The van der Waals surface area contributed by atoms with Crippen LogP contribution in [0.4, 0.5) is 11.5 Å². The third-order valence-electron chi connectivity index (χ3n) is 3.93. The predicted molar refractivity (Wildman–Crippen MR) is 91.4 cm³/mol. The molecule has 0 bridgehead atoms. The Hall–Kier alpha value is -2.38. The minimum absolute atomic E-state index is 0.143. The van der Waals surface area contributed by atoms with E-state index in [0.29, 0.717) is 11.4 Å². The second-order valence-corrected chi connectivity index (χ2v) is 6.23. The van der Waals surface area contributed by atoms with E-state index in [9.17, 15) is 4.79 Å². The number of ether oxygens (including phenoxy) is 1. The number of anilines is 2. The molecule has 0 unspecified atom stereocenters. The first kappa shape index (κ1) is 14.2. The molecule has 23 heavy (non-hydrogen) atoms. The van der Waals surface area contributed by atoms with Crippen LogP contribution >= 0.6 is 11.3 Å². The van der Waals surface area contributed by atoms with Crippen molar-refractivity contribution in [3.05, 3.63) is 41.3 Å². The van der Waals surface area contributed by atoms with Crippen molar-refractivity contribution in [1.29, 1.82) is 0 Å². The highest BCUT2D eigenvalue weighted by Gasteiger charge is 2.14. The second kappa shape index (κ2) is 6.02. The number of benzene rings is 1. The lowest BCUT2D eigenvalue weighted by molar-refractivity contribution is 0.102. The van der Waals surface area contributed by atoms with Crippen molar-refractivity contribution >= 4 is 39.0 Å². The number of aromatic nitrogens is 2. The Kier molecular flexibility index (Phi) is 3.72. The van der Waals surface area contributed by atoms with Gasteiger partial charge in [0.05, 0.1) is 18.6 Å². The molecule has 1 aliphatic heterocycles. The van der Waals surface area contributed by atoms with Gasteiger partial charge in [0, 0.05) is 24.3 Å². The molecule has 0 atom stereocenters. The van der Waals surface area contributed by atoms with Crippen molar-refractivity contribution in [2.75, 3.05) is 36.5 Å². The van der Waals surface area contributed by atoms with E-state index in [1.54, 1.807) is 0 Å². The van der Waals surface area contributed by atoms with Gasteiger partial charge < -0.3 is 15.0 Å². The van der Waals surface area contributed by atoms with E-state index in [-0.39, 0.29) is 5.91 Å². The van der Waals surface area contributed by atoms with Gasteiger partial charge in [0.2, 0.25) is 0 Å². The molecule has 3 heterocycles. The zero-order chi connectivity index (χ0) is 15.6. The lowest BCUT2D eigenvalue weighted by Gasteiger charge is -2.28. The SMILES string of the molecule is O=C(Nc1[nH]nc2sccc12)c1ccc(N2CCOCC2)cc1. The average molecular weight is 328 g/mol. The highest BCUT2D eigenvalue weighted by molar-refractivity contribution is 7.16. The van der Waals surface area contributed by atoms with Crippen molar-refractivity contribution in [3.8, 4) is 0 Å². The Morgan fingerprint density at radius 2 is 2.00 bits per heavy atom. The molecule has 1 fully saturated rings. The van der Waals surface area contributed by atoms with Gasteiger partial charge in [-0.1, -0.05) is 0 Å². The maximum atomic E-state index is 12.4. The van der Waals surface area contributed by atoms with Crippen LogP contribution in [0, 0.1) is 0 Å². The van der Waals surface area contributed by atoms with E-state index in [2.05, 4.69) is 20.4 Å². The van der Waals surface area contributed by atoms with Crippen LogP contribution in [0.2, 0.25) is 0 Å². The Morgan fingerprint density at radius 1 is 1.22 bits per heavy atom. The van der Waals surface area contributed by atoms with Crippen LogP contribution in [0.15, 0.2) is 35.7 Å². The van der Waals surface area contributed by atoms with E-state index in [4.69, 9.17) is 4.74 Å². The number of H-pyrrole nitrogens is 1. The summed E-state index contributed by atoms with van der Waals surface area (Å²) in [7, 11) is 0. The Morgan fingerprint density at radius 3 is 2.78 bits per heavy atom. The fraction of sp³-hybridized carbons (Fsp3) is 0.250. The Balaban J connectivity index is 1.49. The molecular weight excluding hydrogens is 312 g/mol. The molecule has 1 aliphatic rings. The van der Waals surface area contributed by atoms with Gasteiger partial charge in [0.1, 0.15) is 10.6 Å². The van der Waals surface area contributed by atoms with Crippen LogP contribution in [0.25, 0.3) is 10.2 Å². The third kappa shape index (κ3) is 2.80. The Labute approximate surface area is 137 Å². The zero-order valence-electron chi connectivity index (χ0n) is 12.4. The summed E-state index contributed by atoms with van der Waals surface area (Å²) in [6, 6.07) is 9.60. The standard InChI is InChI=1S/C16H16N4O2S/c21-15(17-14-13-5-10-23-16(13)19-18-14)11-1-3-12(4-2-11)20-6-8-22-9-7-20/h1-5,10H,6-9H2,(H2,17,18,19,21). The number of thiophene rings is 1. The first-order valence-electron chi connectivity index (χ1n) is 7.47. The lowest BCUT2D eigenvalue weighted by Crippen LogP contribution is -2.36. The molecule has 6 nitrogen and oxygen atoms in total. The summed E-state index contributed by atoms with van der Waals surface area (Å²) >= 11 is 1.54. The monoisotopic (exact) mass is 328 g/mol. The predicted octanol–water partition coefficient (Wildman–Crippen LogP) is 2.71. The lowest BCUT2D eigenvalue weighted by atomic mass is 10.1. The minimum atomic E-state index is -0.143. The van der Waals surface area contributed by atoms with Gasteiger partial charge in [-0.25, -0.2) is 0 Å². The number of hydrogen-bond acceptors (Lipinski definition) is 5. The van der Waals surface area contributed by atoms with E-state index in [1.807, 2.05) is 35.7 Å². The van der Waals surface area contributed by atoms with E-state index in [0.717, 1.165) is 42.2 Å². The van der Waals surface area contributed by atoms with Gasteiger partial charge in [-0.05, 0) is 35.7 Å². The number of fused-ring (bicyclic) bond motifs is 1. The summed E-state index contributed by atoms with van der Waals surface area (Å²) in [6.07, 6.45) is 0. The zero-order valence-corrected chi connectivity index (χ0v) is 13.2. The molecular formula is C16H16N4O2S. The number of nitrogens with one attached hydrogen (secondary N) is 2. The van der Waals surface area contributed by atoms with Gasteiger partial charge in [-0.2, -0.15) is 5.10 Å². The van der Waals surface area contributed by atoms with E-state index in [1.165, 1.54) is 11.3 Å². The average Bonchev–Trinajstić information content (AvgIpc) is 3.21. The molecule has 118 valence electrons. The number of aromatic amines is 1. The smallest absolute Gasteiger partial charge is 0.256 e. The Bertz CT molecular complexity index is 818. The van der Waals surface area contributed by atoms with Crippen LogP contribution in [0.3, 0.4) is 0 Å². The fourth-order valence-electron chi connectivity index (χ4n) is 2.67. The second-order valence-electron chi connectivity index (χ2n) is 5.34. The van der Waals surface area contributed by atoms with Crippen molar-refractivity contribution < 1.29 is 9.53 Å². The number of hydrogen-bond donors (Lipinski definition) is 2. The van der Waals surface area contributed by atoms with Gasteiger partial charge in [-0.15, -0.1) is 11.3 Å². The topological polar surface area (TPSA) is 70.2 Å². The largest absolute Gasteiger partial charge is 0.378 e. The summed E-state index contributed by atoms with van der Waals surface area (Å²) in [6.45, 7) is 3.27. The first-order valence-corrected chi connectivity index (χ1v) is 8.35. The van der Waals surface area contributed by atoms with Crippen LogP contribution in [0.5, 0.6) is 0 Å². The normalized spacial score (nSPS) is 15.0. The first-order chi connectivity index (χ1) is 11.3. The van der Waals surface area contributed by atoms with E-state index < -0.39 is 0 Å². The number of nitrogens with zero attached hydrogens (tertiary/aromatic N) is 2. The molecule has 1 saturated heterocycles. The molecule has 0 aliphatic carbocycles. The molecule has 1 aromatic carbocycles. The molecule has 0 saturated carbocycles. The maximum Gasteiger partial charge on any atom is 0.256 e. The van der Waals surface area contributed by atoms with Crippen LogP contribution in [-0.4, -0.2) is 42.4 Å². The third-order valence-corrected chi connectivity index (χ3v) is 4.73. The van der Waals surface area contributed by atoms with Gasteiger partial charge in [0.25, 0.3) is 5.91 Å². The molecule has 0 radical (unpaired) electrons. The highest BCUT2D eigenvalue weighted by atomic mass is 32.1. The van der Waals surface area contributed by atoms with E-state index >= 15 is 0 Å². The summed E-state index contributed by atoms with van der Waals surface area (Å²) in [5.74, 6) is 0.499. The highest BCUT2D eigenvalue weighted by Crippen LogP contribution is 2.25. The number of amides is 1. The summed E-state index contributed by atoms with van der Waals surface area (Å²) in [5.41, 5.74) is 1.74. The molecule has 0 spiro atoms. The molecule has 3 aromatic rings. The molecule has 1 amide bonds.